The number of carbonyl (C=O) groups is 1. The molecule has 54 valence electrons. The van der Waals surface area contributed by atoms with Crippen molar-refractivity contribution in [1.29, 1.82) is 0 Å². The van der Waals surface area contributed by atoms with Crippen molar-refractivity contribution in [3.05, 3.63) is 36.2 Å². The molecular weight excluding hydrogens is 131 g/mol. The summed E-state index contributed by atoms with van der Waals surface area (Å²) in [6, 6.07) is 0. The number of carbonyl (C=O) groups excluding carboxylic acids is 1. The summed E-state index contributed by atoms with van der Waals surface area (Å²) in [6.07, 6.45) is 7.46. The van der Waals surface area contributed by atoms with Gasteiger partial charge in [0.1, 0.15) is 12.1 Å². The predicted octanol–water partition coefficient (Wildman–Crippen LogP) is 2.17. The van der Waals surface area contributed by atoms with Crippen LogP contribution in [0.3, 0.4) is 0 Å². The highest BCUT2D eigenvalue weighted by Gasteiger charge is 1.80. The fourth-order valence-corrected chi connectivity index (χ4v) is 0.379. The van der Waals surface area contributed by atoms with Gasteiger partial charge in [-0.1, -0.05) is 18.2 Å². The zero-order chi connectivity index (χ0) is 7.82. The van der Waals surface area contributed by atoms with Crippen LogP contribution in [0.5, 0.6) is 0 Å². The lowest BCUT2D eigenvalue weighted by atomic mass is 10.4. The molecule has 0 radical (unpaired) electrons. The summed E-state index contributed by atoms with van der Waals surface area (Å²) in [7, 11) is 0. The van der Waals surface area contributed by atoms with Crippen LogP contribution in [-0.2, 0) is 4.79 Å². The average molecular weight is 140 g/mol. The fraction of sp³-hybridized carbons (Fsp3) is 0.125. The van der Waals surface area contributed by atoms with Crippen LogP contribution in [0, 0.1) is 0 Å². The Kier molecular flexibility index (Phi) is 5.25. The van der Waals surface area contributed by atoms with Crippen LogP contribution in [0.15, 0.2) is 36.2 Å². The maximum atomic E-state index is 12.2. The third-order valence-corrected chi connectivity index (χ3v) is 0.786. The van der Waals surface area contributed by atoms with Crippen molar-refractivity contribution < 1.29 is 9.18 Å². The topological polar surface area (TPSA) is 17.1 Å². The van der Waals surface area contributed by atoms with Gasteiger partial charge in [-0.2, -0.15) is 0 Å². The molecule has 0 saturated carbocycles. The molecule has 0 aliphatic carbocycles. The molecule has 0 amide bonds. The number of rotatable bonds is 3. The zero-order valence-corrected chi connectivity index (χ0v) is 5.75. The molecule has 0 saturated heterocycles. The molecule has 0 aromatic rings. The maximum Gasteiger partial charge on any atom is 0.145 e. The minimum absolute atomic E-state index is 0.412. The van der Waals surface area contributed by atoms with Gasteiger partial charge in [-0.15, -0.1) is 0 Å². The van der Waals surface area contributed by atoms with Gasteiger partial charge in [0.2, 0.25) is 0 Å². The van der Waals surface area contributed by atoms with Gasteiger partial charge < -0.3 is 0 Å². The van der Waals surface area contributed by atoms with Crippen molar-refractivity contribution in [2.75, 3.05) is 0 Å². The van der Waals surface area contributed by atoms with E-state index in [1.54, 1.807) is 12.2 Å². The van der Waals surface area contributed by atoms with Gasteiger partial charge >= 0.3 is 0 Å². The molecule has 1 nitrogen and oxygen atoms in total. The Labute approximate surface area is 59.6 Å². The van der Waals surface area contributed by atoms with E-state index in [4.69, 9.17) is 0 Å². The van der Waals surface area contributed by atoms with Crippen molar-refractivity contribution in [3.63, 3.8) is 0 Å². The highest BCUT2D eigenvalue weighted by molar-refractivity contribution is 5.66. The molecule has 0 aliphatic rings. The third-order valence-electron chi connectivity index (χ3n) is 0.786. The maximum absolute atomic E-state index is 12.2. The Morgan fingerprint density at radius 1 is 1.40 bits per heavy atom. The summed E-state index contributed by atoms with van der Waals surface area (Å²) in [5.41, 5.74) is 0. The molecular formula is C8H9FO. The van der Waals surface area contributed by atoms with Crippen molar-refractivity contribution in [2.24, 2.45) is 0 Å². The first-order valence-electron chi connectivity index (χ1n) is 2.91. The first-order chi connectivity index (χ1) is 4.81. The lowest BCUT2D eigenvalue weighted by molar-refractivity contribution is -0.104. The average Bonchev–Trinajstić information content (AvgIpc) is 1.89. The van der Waals surface area contributed by atoms with Crippen molar-refractivity contribution in [3.8, 4) is 0 Å². The van der Waals surface area contributed by atoms with E-state index in [9.17, 15) is 9.18 Å². The molecule has 0 heterocycles. The SMILES string of the molecule is C\C=C/C=C\C(F)=C\C=O. The van der Waals surface area contributed by atoms with Crippen LogP contribution in [0.1, 0.15) is 6.92 Å². The van der Waals surface area contributed by atoms with Gasteiger partial charge in [0.25, 0.3) is 0 Å². The number of hydrogen-bond acceptors (Lipinski definition) is 1. The Bertz CT molecular complexity index is 178. The summed E-state index contributed by atoms with van der Waals surface area (Å²) in [5.74, 6) is -0.534. The highest BCUT2D eigenvalue weighted by atomic mass is 19.1. The van der Waals surface area contributed by atoms with Crippen LogP contribution in [0.4, 0.5) is 4.39 Å². The number of hydrogen-bond donors (Lipinski definition) is 0. The Morgan fingerprint density at radius 3 is 2.60 bits per heavy atom. The lowest BCUT2D eigenvalue weighted by Gasteiger charge is -1.77. The van der Waals surface area contributed by atoms with Gasteiger partial charge in [0, 0.05) is 6.08 Å². The molecule has 0 unspecified atom stereocenters. The fourth-order valence-electron chi connectivity index (χ4n) is 0.379. The number of aldehydes is 1. The van der Waals surface area contributed by atoms with E-state index in [-0.39, 0.29) is 0 Å². The smallest absolute Gasteiger partial charge is 0.145 e. The Morgan fingerprint density at radius 2 is 2.10 bits per heavy atom. The van der Waals surface area contributed by atoms with Crippen molar-refractivity contribution in [1.82, 2.24) is 0 Å². The molecule has 0 fully saturated rings. The summed E-state index contributed by atoms with van der Waals surface area (Å²) in [4.78, 5) is 9.68. The van der Waals surface area contributed by atoms with Gasteiger partial charge in [-0.3, -0.25) is 4.79 Å². The van der Waals surface area contributed by atoms with E-state index in [2.05, 4.69) is 0 Å². The Hall–Kier alpha value is -1.18. The monoisotopic (exact) mass is 140 g/mol. The van der Waals surface area contributed by atoms with Crippen LogP contribution < -0.4 is 0 Å². The van der Waals surface area contributed by atoms with Crippen molar-refractivity contribution >= 4 is 6.29 Å². The first-order valence-corrected chi connectivity index (χ1v) is 2.91. The molecule has 0 aromatic carbocycles. The molecule has 0 spiro atoms. The summed E-state index contributed by atoms with van der Waals surface area (Å²) in [5, 5.41) is 0. The second kappa shape index (κ2) is 5.95. The van der Waals surface area contributed by atoms with E-state index in [0.29, 0.717) is 6.29 Å². The predicted molar refractivity (Wildman–Crippen MR) is 39.2 cm³/mol. The van der Waals surface area contributed by atoms with Gasteiger partial charge in [0.15, 0.2) is 0 Å². The van der Waals surface area contributed by atoms with Crippen LogP contribution in [0.25, 0.3) is 0 Å². The molecule has 2 heteroatoms. The van der Waals surface area contributed by atoms with E-state index in [0.717, 1.165) is 6.08 Å². The van der Waals surface area contributed by atoms with E-state index >= 15 is 0 Å². The Balaban J connectivity index is 3.88. The molecule has 0 atom stereocenters. The van der Waals surface area contributed by atoms with Crippen LogP contribution in [-0.4, -0.2) is 6.29 Å². The quantitative estimate of drug-likeness (QED) is 0.333. The largest absolute Gasteiger partial charge is 0.298 e. The molecule has 10 heavy (non-hydrogen) atoms. The molecule has 0 aliphatic heterocycles. The second-order valence-electron chi connectivity index (χ2n) is 1.57. The minimum Gasteiger partial charge on any atom is -0.298 e. The normalized spacial score (nSPS) is 13.2. The van der Waals surface area contributed by atoms with E-state index in [1.165, 1.54) is 12.2 Å². The number of allylic oxidation sites excluding steroid dienone is 6. The summed E-state index contributed by atoms with van der Waals surface area (Å²) >= 11 is 0. The molecule has 0 aromatic heterocycles. The summed E-state index contributed by atoms with van der Waals surface area (Å²) < 4.78 is 12.2. The first kappa shape index (κ1) is 8.82. The number of halogens is 1. The van der Waals surface area contributed by atoms with Crippen molar-refractivity contribution in [2.45, 2.75) is 6.92 Å². The molecule has 0 bridgehead atoms. The second-order valence-corrected chi connectivity index (χ2v) is 1.57. The van der Waals surface area contributed by atoms with Gasteiger partial charge in [-0.05, 0) is 13.0 Å². The van der Waals surface area contributed by atoms with Crippen LogP contribution >= 0.6 is 0 Å². The van der Waals surface area contributed by atoms with Gasteiger partial charge in [-0.25, -0.2) is 4.39 Å². The van der Waals surface area contributed by atoms with Crippen LogP contribution in [0.2, 0.25) is 0 Å². The minimum atomic E-state index is -0.534. The van der Waals surface area contributed by atoms with E-state index in [1.807, 2.05) is 6.92 Å². The highest BCUT2D eigenvalue weighted by Crippen LogP contribution is 1.95. The lowest BCUT2D eigenvalue weighted by Crippen LogP contribution is -1.65. The zero-order valence-electron chi connectivity index (χ0n) is 5.75. The standard InChI is InChI=1S/C8H9FO/c1-2-3-4-5-8(9)6-7-10/h2-7H,1H3/b3-2-,5-4-,8-6-. The molecule has 0 N–H and O–H groups in total. The molecule has 0 rings (SSSR count). The third kappa shape index (κ3) is 4.97. The summed E-state index contributed by atoms with van der Waals surface area (Å²) in [6.45, 7) is 1.83. The van der Waals surface area contributed by atoms with E-state index < -0.39 is 5.83 Å². The van der Waals surface area contributed by atoms with Gasteiger partial charge in [0.05, 0.1) is 0 Å².